The summed E-state index contributed by atoms with van der Waals surface area (Å²) in [6.45, 7) is 2.22. The normalized spacial score (nSPS) is 14.4. The monoisotopic (exact) mass is 435 g/mol. The maximum atomic E-state index is 14.6. The zero-order valence-corrected chi connectivity index (χ0v) is 18.4. The van der Waals surface area contributed by atoms with Crippen LogP contribution in [0.5, 0.6) is 0 Å². The second-order valence-electron chi connectivity index (χ2n) is 8.22. The molecule has 1 N–H and O–H groups in total. The topological polar surface area (TPSA) is 46.2 Å². The molecule has 5 heteroatoms. The quantitative estimate of drug-likeness (QED) is 0.436. The Labute approximate surface area is 186 Å². The van der Waals surface area contributed by atoms with E-state index in [0.717, 1.165) is 40.9 Å². The number of nitrogens with one attached hydrogen (secondary N) is 1. The molecule has 2 aromatic carbocycles. The van der Waals surface area contributed by atoms with Crippen molar-refractivity contribution < 1.29 is 14.0 Å². The summed E-state index contributed by atoms with van der Waals surface area (Å²) < 4.78 is 14.6. The van der Waals surface area contributed by atoms with E-state index in [1.807, 2.05) is 48.5 Å². The van der Waals surface area contributed by atoms with Crippen molar-refractivity contribution in [1.82, 2.24) is 5.32 Å². The number of halogens is 1. The fourth-order valence-electron chi connectivity index (χ4n) is 4.13. The lowest BCUT2D eigenvalue weighted by atomic mass is 9.89. The standard InChI is InChI=1S/C26H26FNO2S/c1-17(29)19-7-9-20(10-8-19)21-11-13-22(14-12-21)23-15-24(31-25(23)27)26(30)28-16-18-5-3-2-4-6-18/h7-15,18H,2-6,16H2,1H3,(H,28,30). The summed E-state index contributed by atoms with van der Waals surface area (Å²) in [5.41, 5.74) is 3.84. The molecule has 1 aliphatic rings. The van der Waals surface area contributed by atoms with E-state index in [0.29, 0.717) is 28.5 Å². The fraction of sp³-hybridized carbons (Fsp3) is 0.308. The van der Waals surface area contributed by atoms with Gasteiger partial charge in [-0.15, -0.1) is 11.3 Å². The number of carbonyl (C=O) groups is 2. The Morgan fingerprint density at radius 3 is 2.13 bits per heavy atom. The van der Waals surface area contributed by atoms with Gasteiger partial charge in [-0.25, -0.2) is 0 Å². The van der Waals surface area contributed by atoms with Gasteiger partial charge in [0.15, 0.2) is 10.9 Å². The lowest BCUT2D eigenvalue weighted by Crippen LogP contribution is -2.29. The summed E-state index contributed by atoms with van der Waals surface area (Å²) in [5.74, 6) is 0.385. The third kappa shape index (κ3) is 5.10. The van der Waals surface area contributed by atoms with Gasteiger partial charge in [0.2, 0.25) is 0 Å². The zero-order chi connectivity index (χ0) is 21.8. The maximum absolute atomic E-state index is 14.6. The number of hydrogen-bond acceptors (Lipinski definition) is 3. The van der Waals surface area contributed by atoms with Crippen LogP contribution in [0.1, 0.15) is 59.1 Å². The number of amides is 1. The number of thiophene rings is 1. The van der Waals surface area contributed by atoms with Gasteiger partial charge in [0.25, 0.3) is 5.91 Å². The smallest absolute Gasteiger partial charge is 0.261 e. The van der Waals surface area contributed by atoms with E-state index in [4.69, 9.17) is 0 Å². The van der Waals surface area contributed by atoms with Crippen LogP contribution in [0, 0.1) is 11.0 Å². The Morgan fingerprint density at radius 2 is 1.52 bits per heavy atom. The molecular formula is C26H26FNO2S. The van der Waals surface area contributed by atoms with E-state index >= 15 is 0 Å². The molecule has 0 unspecified atom stereocenters. The summed E-state index contributed by atoms with van der Waals surface area (Å²) in [6, 6.07) is 16.7. The van der Waals surface area contributed by atoms with Crippen LogP contribution < -0.4 is 5.32 Å². The minimum Gasteiger partial charge on any atom is -0.351 e. The molecule has 1 saturated carbocycles. The largest absolute Gasteiger partial charge is 0.351 e. The predicted molar refractivity (Wildman–Crippen MR) is 124 cm³/mol. The molecular weight excluding hydrogens is 409 g/mol. The van der Waals surface area contributed by atoms with E-state index < -0.39 is 0 Å². The first-order valence-electron chi connectivity index (χ1n) is 10.8. The summed E-state index contributed by atoms with van der Waals surface area (Å²) in [5, 5.41) is 2.64. The SMILES string of the molecule is CC(=O)c1ccc(-c2ccc(-c3cc(C(=O)NCC4CCCCC4)sc3F)cc2)cc1. The van der Waals surface area contributed by atoms with E-state index in [1.54, 1.807) is 13.0 Å². The lowest BCUT2D eigenvalue weighted by molar-refractivity contribution is 0.0946. The molecule has 3 nitrogen and oxygen atoms in total. The minimum atomic E-state index is -0.346. The molecule has 1 aromatic heterocycles. The second-order valence-corrected chi connectivity index (χ2v) is 9.23. The number of carbonyl (C=O) groups excluding carboxylic acids is 2. The van der Waals surface area contributed by atoms with Crippen molar-refractivity contribution in [3.05, 3.63) is 70.2 Å². The van der Waals surface area contributed by atoms with E-state index in [9.17, 15) is 14.0 Å². The van der Waals surface area contributed by atoms with Gasteiger partial charge >= 0.3 is 0 Å². The Bertz CT molecular complexity index is 1060. The molecule has 0 radical (unpaired) electrons. The van der Waals surface area contributed by atoms with Gasteiger partial charge in [-0.3, -0.25) is 9.59 Å². The van der Waals surface area contributed by atoms with Crippen LogP contribution in [0.3, 0.4) is 0 Å². The Balaban J connectivity index is 1.45. The van der Waals surface area contributed by atoms with Gasteiger partial charge in [0.05, 0.1) is 4.88 Å². The first-order chi connectivity index (χ1) is 15.0. The third-order valence-corrected chi connectivity index (χ3v) is 6.93. The highest BCUT2D eigenvalue weighted by atomic mass is 32.1. The molecule has 1 amide bonds. The highest BCUT2D eigenvalue weighted by molar-refractivity contribution is 7.12. The molecule has 4 rings (SSSR count). The molecule has 0 saturated heterocycles. The van der Waals surface area contributed by atoms with Crippen LogP contribution in [0.2, 0.25) is 0 Å². The van der Waals surface area contributed by atoms with Crippen LogP contribution >= 0.6 is 11.3 Å². The Kier molecular flexibility index (Phi) is 6.62. The maximum Gasteiger partial charge on any atom is 0.261 e. The average molecular weight is 436 g/mol. The predicted octanol–water partition coefficient (Wildman–Crippen LogP) is 6.73. The molecule has 0 bridgehead atoms. The minimum absolute atomic E-state index is 0.0356. The molecule has 1 aliphatic carbocycles. The second kappa shape index (κ2) is 9.56. The van der Waals surface area contributed by atoms with Crippen molar-refractivity contribution in [2.45, 2.75) is 39.0 Å². The van der Waals surface area contributed by atoms with Gasteiger partial charge < -0.3 is 5.32 Å². The van der Waals surface area contributed by atoms with Crippen LogP contribution in [0.15, 0.2) is 54.6 Å². The van der Waals surface area contributed by atoms with Gasteiger partial charge in [0, 0.05) is 17.7 Å². The van der Waals surface area contributed by atoms with E-state index in [-0.39, 0.29) is 16.8 Å². The highest BCUT2D eigenvalue weighted by Gasteiger charge is 2.18. The van der Waals surface area contributed by atoms with Crippen molar-refractivity contribution in [2.75, 3.05) is 6.54 Å². The average Bonchev–Trinajstić information content (AvgIpc) is 3.20. The summed E-state index contributed by atoms with van der Waals surface area (Å²) in [7, 11) is 0. The molecule has 1 fully saturated rings. The van der Waals surface area contributed by atoms with Gasteiger partial charge in [-0.1, -0.05) is 67.8 Å². The molecule has 0 spiro atoms. The van der Waals surface area contributed by atoms with E-state index in [1.165, 1.54) is 19.3 Å². The first kappa shape index (κ1) is 21.4. The zero-order valence-electron chi connectivity index (χ0n) is 17.6. The summed E-state index contributed by atoms with van der Waals surface area (Å²) in [6.07, 6.45) is 6.07. The van der Waals surface area contributed by atoms with Gasteiger partial charge in [-0.2, -0.15) is 4.39 Å². The van der Waals surface area contributed by atoms with Crippen LogP contribution in [0.25, 0.3) is 22.3 Å². The van der Waals surface area contributed by atoms with Crippen LogP contribution in [0.4, 0.5) is 4.39 Å². The third-order valence-electron chi connectivity index (χ3n) is 6.01. The van der Waals surface area contributed by atoms with Crippen molar-refractivity contribution in [3.63, 3.8) is 0 Å². The molecule has 3 aromatic rings. The van der Waals surface area contributed by atoms with Crippen molar-refractivity contribution >= 4 is 23.0 Å². The fourth-order valence-corrected chi connectivity index (χ4v) is 4.95. The van der Waals surface area contributed by atoms with Crippen molar-refractivity contribution in [2.24, 2.45) is 5.92 Å². The lowest BCUT2D eigenvalue weighted by Gasteiger charge is -2.21. The van der Waals surface area contributed by atoms with Crippen molar-refractivity contribution in [1.29, 1.82) is 0 Å². The summed E-state index contributed by atoms with van der Waals surface area (Å²) >= 11 is 0.898. The van der Waals surface area contributed by atoms with Crippen molar-refractivity contribution in [3.8, 4) is 22.3 Å². The number of Topliss-reactive ketones (excluding diaryl/α,β-unsaturated/α-hetero) is 1. The Morgan fingerprint density at radius 1 is 0.935 bits per heavy atom. The van der Waals surface area contributed by atoms with Crippen LogP contribution in [-0.2, 0) is 0 Å². The first-order valence-corrected chi connectivity index (χ1v) is 11.6. The van der Waals surface area contributed by atoms with Gasteiger partial charge in [-0.05, 0) is 48.4 Å². The van der Waals surface area contributed by atoms with Crippen LogP contribution in [-0.4, -0.2) is 18.2 Å². The number of hydrogen-bond donors (Lipinski definition) is 1. The molecule has 160 valence electrons. The molecule has 0 aliphatic heterocycles. The van der Waals surface area contributed by atoms with E-state index in [2.05, 4.69) is 5.32 Å². The highest BCUT2D eigenvalue weighted by Crippen LogP contribution is 2.32. The summed E-state index contributed by atoms with van der Waals surface area (Å²) in [4.78, 5) is 24.4. The molecule has 1 heterocycles. The van der Waals surface area contributed by atoms with Gasteiger partial charge in [0.1, 0.15) is 0 Å². The number of ketones is 1. The number of rotatable bonds is 6. The number of benzene rings is 2. The molecule has 0 atom stereocenters. The Hall–Kier alpha value is -2.79. The molecule has 31 heavy (non-hydrogen) atoms.